The molecular weight excluding hydrogens is 260 g/mol. The Kier molecular flexibility index (Phi) is 3.48. The van der Waals surface area contributed by atoms with Crippen molar-refractivity contribution in [2.75, 3.05) is 7.05 Å². The van der Waals surface area contributed by atoms with Crippen LogP contribution in [0.15, 0.2) is 54.7 Å². The van der Waals surface area contributed by atoms with Crippen LogP contribution in [0.4, 0.5) is 0 Å². The summed E-state index contributed by atoms with van der Waals surface area (Å²) in [5.74, 6) is 0.0413. The number of nitrogens with zero attached hydrogens (tertiary/aromatic N) is 1. The second-order valence-corrected chi connectivity index (χ2v) is 5.43. The average Bonchev–Trinajstić information content (AvgIpc) is 2.93. The van der Waals surface area contributed by atoms with Crippen LogP contribution in [0.3, 0.4) is 0 Å². The van der Waals surface area contributed by atoms with Crippen LogP contribution >= 0.6 is 0 Å². The molecule has 3 rings (SSSR count). The monoisotopic (exact) mass is 278 g/mol. The number of hydrogen-bond acceptors (Lipinski definition) is 1. The van der Waals surface area contributed by atoms with Crippen molar-refractivity contribution in [2.24, 2.45) is 0 Å². The number of carbonyl (C=O) groups excluding carboxylic acids is 1. The van der Waals surface area contributed by atoms with E-state index in [2.05, 4.69) is 24.0 Å². The SMILES string of the molecule is Cc1cccc(CN(C)C(=O)c2ccc3[nH]ccc3c2)c1. The zero-order chi connectivity index (χ0) is 14.8. The lowest BCUT2D eigenvalue weighted by Crippen LogP contribution is -2.26. The maximum atomic E-state index is 12.5. The van der Waals surface area contributed by atoms with Crippen molar-refractivity contribution in [1.29, 1.82) is 0 Å². The summed E-state index contributed by atoms with van der Waals surface area (Å²) >= 11 is 0. The van der Waals surface area contributed by atoms with Gasteiger partial charge in [-0.3, -0.25) is 4.79 Å². The normalized spacial score (nSPS) is 10.8. The molecule has 1 heterocycles. The first-order valence-corrected chi connectivity index (χ1v) is 7.01. The van der Waals surface area contributed by atoms with E-state index in [1.165, 1.54) is 5.56 Å². The van der Waals surface area contributed by atoms with Crippen LogP contribution in [0.25, 0.3) is 10.9 Å². The Hall–Kier alpha value is -2.55. The summed E-state index contributed by atoms with van der Waals surface area (Å²) in [6.07, 6.45) is 1.88. The Balaban J connectivity index is 1.80. The fraction of sp³-hybridized carbons (Fsp3) is 0.167. The lowest BCUT2D eigenvalue weighted by Gasteiger charge is -2.17. The molecule has 2 aromatic carbocycles. The van der Waals surface area contributed by atoms with Gasteiger partial charge in [0.05, 0.1) is 0 Å². The minimum atomic E-state index is 0.0413. The molecular formula is C18H18N2O. The molecule has 1 amide bonds. The van der Waals surface area contributed by atoms with Gasteiger partial charge in [0.2, 0.25) is 0 Å². The topological polar surface area (TPSA) is 36.1 Å². The third-order valence-electron chi connectivity index (χ3n) is 3.65. The first-order valence-electron chi connectivity index (χ1n) is 7.01. The zero-order valence-corrected chi connectivity index (χ0v) is 12.3. The summed E-state index contributed by atoms with van der Waals surface area (Å²) < 4.78 is 0. The van der Waals surface area contributed by atoms with Crippen molar-refractivity contribution in [3.63, 3.8) is 0 Å². The molecule has 0 aliphatic rings. The van der Waals surface area contributed by atoms with Gasteiger partial charge in [0.15, 0.2) is 0 Å². The Labute approximate surface area is 124 Å². The van der Waals surface area contributed by atoms with E-state index >= 15 is 0 Å². The van der Waals surface area contributed by atoms with Gasteiger partial charge in [-0.25, -0.2) is 0 Å². The number of fused-ring (bicyclic) bond motifs is 1. The van der Waals surface area contributed by atoms with Crippen LogP contribution in [0.2, 0.25) is 0 Å². The van der Waals surface area contributed by atoms with Crippen LogP contribution in [-0.4, -0.2) is 22.8 Å². The lowest BCUT2D eigenvalue weighted by molar-refractivity contribution is 0.0785. The number of H-pyrrole nitrogens is 1. The number of rotatable bonds is 3. The second-order valence-electron chi connectivity index (χ2n) is 5.43. The number of aromatic nitrogens is 1. The second kappa shape index (κ2) is 5.44. The number of aromatic amines is 1. The number of nitrogens with one attached hydrogen (secondary N) is 1. The largest absolute Gasteiger partial charge is 0.361 e. The van der Waals surface area contributed by atoms with Crippen LogP contribution in [0.5, 0.6) is 0 Å². The highest BCUT2D eigenvalue weighted by atomic mass is 16.2. The fourth-order valence-corrected chi connectivity index (χ4v) is 2.56. The molecule has 3 aromatic rings. The minimum Gasteiger partial charge on any atom is -0.361 e. The van der Waals surface area contributed by atoms with Crippen LogP contribution in [0, 0.1) is 6.92 Å². The van der Waals surface area contributed by atoms with E-state index in [1.54, 1.807) is 4.90 Å². The van der Waals surface area contributed by atoms with Crippen LogP contribution in [0.1, 0.15) is 21.5 Å². The van der Waals surface area contributed by atoms with Gasteiger partial charge in [0, 0.05) is 36.3 Å². The number of benzene rings is 2. The van der Waals surface area contributed by atoms with E-state index in [0.29, 0.717) is 6.54 Å². The molecule has 0 aliphatic carbocycles. The van der Waals surface area contributed by atoms with Crippen molar-refractivity contribution < 1.29 is 4.79 Å². The van der Waals surface area contributed by atoms with Gasteiger partial charge in [-0.2, -0.15) is 0 Å². The minimum absolute atomic E-state index is 0.0413. The molecule has 0 fully saturated rings. The van der Waals surface area contributed by atoms with Crippen LogP contribution < -0.4 is 0 Å². The first-order chi connectivity index (χ1) is 10.1. The molecule has 0 aliphatic heterocycles. The molecule has 1 aromatic heterocycles. The Morgan fingerprint density at radius 1 is 1.14 bits per heavy atom. The molecule has 21 heavy (non-hydrogen) atoms. The van der Waals surface area contributed by atoms with Gasteiger partial charge >= 0.3 is 0 Å². The summed E-state index contributed by atoms with van der Waals surface area (Å²) in [6, 6.07) is 16.0. The van der Waals surface area contributed by atoms with E-state index in [1.807, 2.05) is 49.6 Å². The zero-order valence-electron chi connectivity index (χ0n) is 12.3. The first kappa shape index (κ1) is 13.4. The molecule has 1 N–H and O–H groups in total. The van der Waals surface area contributed by atoms with E-state index in [-0.39, 0.29) is 5.91 Å². The highest BCUT2D eigenvalue weighted by molar-refractivity contribution is 5.97. The highest BCUT2D eigenvalue weighted by Gasteiger charge is 2.12. The quantitative estimate of drug-likeness (QED) is 0.778. The molecule has 0 spiro atoms. The van der Waals surface area contributed by atoms with E-state index in [9.17, 15) is 4.79 Å². The molecule has 3 heteroatoms. The third-order valence-corrected chi connectivity index (χ3v) is 3.65. The maximum Gasteiger partial charge on any atom is 0.253 e. The van der Waals surface area contributed by atoms with Gasteiger partial charge in [-0.05, 0) is 36.8 Å². The van der Waals surface area contributed by atoms with E-state index in [4.69, 9.17) is 0 Å². The van der Waals surface area contributed by atoms with Gasteiger partial charge in [0.1, 0.15) is 0 Å². The van der Waals surface area contributed by atoms with E-state index in [0.717, 1.165) is 22.0 Å². The molecule has 0 atom stereocenters. The van der Waals surface area contributed by atoms with Gasteiger partial charge in [-0.1, -0.05) is 29.8 Å². The predicted molar refractivity (Wildman–Crippen MR) is 85.3 cm³/mol. The number of carbonyl (C=O) groups is 1. The molecule has 0 saturated carbocycles. The fourth-order valence-electron chi connectivity index (χ4n) is 2.56. The van der Waals surface area contributed by atoms with Crippen LogP contribution in [-0.2, 0) is 6.54 Å². The van der Waals surface area contributed by atoms with Crippen molar-refractivity contribution in [1.82, 2.24) is 9.88 Å². The Bertz CT molecular complexity index is 789. The van der Waals surface area contributed by atoms with Crippen molar-refractivity contribution in [2.45, 2.75) is 13.5 Å². The molecule has 0 saturated heterocycles. The highest BCUT2D eigenvalue weighted by Crippen LogP contribution is 2.16. The standard InChI is InChI=1S/C18H18N2O/c1-13-4-3-5-14(10-13)12-20(2)18(21)16-6-7-17-15(11-16)8-9-19-17/h3-11,19H,12H2,1-2H3. The van der Waals surface area contributed by atoms with Crippen molar-refractivity contribution in [3.8, 4) is 0 Å². The summed E-state index contributed by atoms with van der Waals surface area (Å²) in [6.45, 7) is 2.68. The molecule has 0 unspecified atom stereocenters. The molecule has 0 radical (unpaired) electrons. The summed E-state index contributed by atoms with van der Waals surface area (Å²) in [5.41, 5.74) is 4.13. The number of hydrogen-bond donors (Lipinski definition) is 1. The van der Waals surface area contributed by atoms with Crippen molar-refractivity contribution in [3.05, 3.63) is 71.4 Å². The maximum absolute atomic E-state index is 12.5. The van der Waals surface area contributed by atoms with Gasteiger partial charge in [0.25, 0.3) is 5.91 Å². The lowest BCUT2D eigenvalue weighted by atomic mass is 10.1. The summed E-state index contributed by atoms with van der Waals surface area (Å²) in [7, 11) is 1.84. The smallest absolute Gasteiger partial charge is 0.253 e. The Morgan fingerprint density at radius 3 is 2.81 bits per heavy atom. The summed E-state index contributed by atoms with van der Waals surface area (Å²) in [5, 5.41) is 1.06. The molecule has 106 valence electrons. The predicted octanol–water partition coefficient (Wildman–Crippen LogP) is 3.75. The Morgan fingerprint density at radius 2 is 2.00 bits per heavy atom. The summed E-state index contributed by atoms with van der Waals surface area (Å²) in [4.78, 5) is 17.4. The van der Waals surface area contributed by atoms with Gasteiger partial charge < -0.3 is 9.88 Å². The number of amides is 1. The van der Waals surface area contributed by atoms with E-state index < -0.39 is 0 Å². The van der Waals surface area contributed by atoms with Crippen molar-refractivity contribution >= 4 is 16.8 Å². The average molecular weight is 278 g/mol. The molecule has 3 nitrogen and oxygen atoms in total. The molecule has 0 bridgehead atoms. The number of aryl methyl sites for hydroxylation is 1. The third kappa shape index (κ3) is 2.82. The van der Waals surface area contributed by atoms with Gasteiger partial charge in [-0.15, -0.1) is 0 Å².